The lowest BCUT2D eigenvalue weighted by atomic mass is 9.93. The van der Waals surface area contributed by atoms with Gasteiger partial charge < -0.3 is 21.5 Å². The van der Waals surface area contributed by atoms with Gasteiger partial charge in [-0.1, -0.05) is 42.5 Å². The summed E-state index contributed by atoms with van der Waals surface area (Å²) in [5.74, 6) is 0.0554. The van der Waals surface area contributed by atoms with Crippen LogP contribution < -0.4 is 21.5 Å². The molecule has 1 amide bonds. The molecule has 0 aliphatic carbocycles. The fourth-order valence-electron chi connectivity index (χ4n) is 3.34. The molecule has 7 nitrogen and oxygen atoms in total. The van der Waals surface area contributed by atoms with Crippen LogP contribution in [0.4, 0.5) is 5.69 Å². The first kappa shape index (κ1) is 19.2. The standard InChI is InChI=1S/C23H21N5O2/c24-17-8-4-5-14(11-17)13-30-18-10-9-16(12-27-18)22-19(21(26)23(29)28-22)20(25)15-6-2-1-3-7-15/h1-12,22,25H,13,24,26H2,(H,28,29). The van der Waals surface area contributed by atoms with Crippen LogP contribution in [0.25, 0.3) is 0 Å². The van der Waals surface area contributed by atoms with E-state index in [1.165, 1.54) is 0 Å². The van der Waals surface area contributed by atoms with Crippen LogP contribution in [0.2, 0.25) is 0 Å². The molecular weight excluding hydrogens is 378 g/mol. The molecule has 1 aliphatic rings. The zero-order chi connectivity index (χ0) is 21.1. The Kier molecular flexibility index (Phi) is 5.17. The number of aromatic nitrogens is 1. The Hall–Kier alpha value is -4.13. The lowest BCUT2D eigenvalue weighted by Crippen LogP contribution is -2.24. The number of nitrogens with two attached hydrogens (primary N) is 2. The molecule has 0 saturated heterocycles. The Labute approximate surface area is 173 Å². The van der Waals surface area contributed by atoms with Gasteiger partial charge in [-0.2, -0.15) is 0 Å². The number of ether oxygens (including phenoxy) is 1. The molecule has 1 aliphatic heterocycles. The summed E-state index contributed by atoms with van der Waals surface area (Å²) < 4.78 is 5.72. The summed E-state index contributed by atoms with van der Waals surface area (Å²) in [7, 11) is 0. The number of anilines is 1. The van der Waals surface area contributed by atoms with Crippen molar-refractivity contribution in [2.45, 2.75) is 12.6 Å². The monoisotopic (exact) mass is 399 g/mol. The fraction of sp³-hybridized carbons (Fsp3) is 0.0870. The summed E-state index contributed by atoms with van der Waals surface area (Å²) in [4.78, 5) is 16.6. The van der Waals surface area contributed by atoms with Crippen molar-refractivity contribution in [1.82, 2.24) is 10.3 Å². The van der Waals surface area contributed by atoms with E-state index >= 15 is 0 Å². The Morgan fingerprint density at radius 3 is 2.57 bits per heavy atom. The van der Waals surface area contributed by atoms with Crippen LogP contribution in [0, 0.1) is 5.41 Å². The van der Waals surface area contributed by atoms with Crippen LogP contribution in [0.15, 0.2) is 84.2 Å². The molecule has 2 heterocycles. The maximum atomic E-state index is 12.2. The van der Waals surface area contributed by atoms with E-state index in [-0.39, 0.29) is 11.4 Å². The van der Waals surface area contributed by atoms with E-state index in [2.05, 4.69) is 10.3 Å². The third-order valence-corrected chi connectivity index (χ3v) is 4.86. The minimum atomic E-state index is -0.541. The molecule has 0 fully saturated rings. The highest BCUT2D eigenvalue weighted by Crippen LogP contribution is 2.31. The zero-order valence-electron chi connectivity index (χ0n) is 16.1. The van der Waals surface area contributed by atoms with Crippen molar-refractivity contribution < 1.29 is 9.53 Å². The van der Waals surface area contributed by atoms with E-state index in [9.17, 15) is 4.79 Å². The predicted octanol–water partition coefficient (Wildman–Crippen LogP) is 2.69. The van der Waals surface area contributed by atoms with E-state index in [0.29, 0.717) is 29.3 Å². The van der Waals surface area contributed by atoms with Gasteiger partial charge in [0.15, 0.2) is 0 Å². The number of nitrogen functional groups attached to an aromatic ring is 1. The molecule has 1 aromatic heterocycles. The molecule has 4 rings (SSSR count). The molecule has 0 radical (unpaired) electrons. The number of benzene rings is 2. The quantitative estimate of drug-likeness (QED) is 0.374. The van der Waals surface area contributed by atoms with Crippen molar-refractivity contribution in [2.75, 3.05) is 5.73 Å². The molecule has 1 unspecified atom stereocenters. The SMILES string of the molecule is N=C(C1=C(N)C(=O)NC1c1ccc(OCc2cccc(N)c2)nc1)c1ccccc1. The fourth-order valence-corrected chi connectivity index (χ4v) is 3.34. The minimum absolute atomic E-state index is 0.0517. The first-order valence-corrected chi connectivity index (χ1v) is 9.41. The summed E-state index contributed by atoms with van der Waals surface area (Å²) in [6.45, 7) is 0.342. The van der Waals surface area contributed by atoms with Gasteiger partial charge in [-0.25, -0.2) is 4.98 Å². The van der Waals surface area contributed by atoms with Gasteiger partial charge in [0, 0.05) is 23.5 Å². The van der Waals surface area contributed by atoms with E-state index in [0.717, 1.165) is 11.1 Å². The molecule has 150 valence electrons. The number of nitrogens with one attached hydrogen (secondary N) is 2. The smallest absolute Gasteiger partial charge is 0.268 e. The zero-order valence-corrected chi connectivity index (χ0v) is 16.1. The van der Waals surface area contributed by atoms with Crippen LogP contribution in [-0.2, 0) is 11.4 Å². The Morgan fingerprint density at radius 1 is 1.07 bits per heavy atom. The van der Waals surface area contributed by atoms with E-state index in [4.69, 9.17) is 21.6 Å². The van der Waals surface area contributed by atoms with Gasteiger partial charge in [0.25, 0.3) is 5.91 Å². The highest BCUT2D eigenvalue weighted by Gasteiger charge is 2.34. The molecule has 2 aromatic carbocycles. The second-order valence-corrected chi connectivity index (χ2v) is 6.94. The van der Waals surface area contributed by atoms with Crippen molar-refractivity contribution in [3.8, 4) is 5.88 Å². The normalized spacial score (nSPS) is 15.7. The van der Waals surface area contributed by atoms with Gasteiger partial charge in [0.05, 0.1) is 11.8 Å². The molecule has 1 atom stereocenters. The lowest BCUT2D eigenvalue weighted by molar-refractivity contribution is -0.117. The molecule has 0 bridgehead atoms. The number of hydrogen-bond acceptors (Lipinski definition) is 6. The van der Waals surface area contributed by atoms with Gasteiger partial charge in [0.2, 0.25) is 5.88 Å². The average Bonchev–Trinajstić information content (AvgIpc) is 3.07. The third kappa shape index (κ3) is 3.86. The minimum Gasteiger partial charge on any atom is -0.473 e. The summed E-state index contributed by atoms with van der Waals surface area (Å²) in [6, 6.07) is 19.6. The number of rotatable bonds is 6. The molecule has 30 heavy (non-hydrogen) atoms. The molecular formula is C23H21N5O2. The van der Waals surface area contributed by atoms with Gasteiger partial charge in [0.1, 0.15) is 12.3 Å². The number of carbonyl (C=O) groups is 1. The lowest BCUT2D eigenvalue weighted by Gasteiger charge is -2.17. The van der Waals surface area contributed by atoms with Gasteiger partial charge in [-0.05, 0) is 34.9 Å². The van der Waals surface area contributed by atoms with E-state index in [1.54, 1.807) is 12.3 Å². The molecule has 7 heteroatoms. The molecule has 3 aromatic rings. The van der Waals surface area contributed by atoms with Gasteiger partial charge >= 0.3 is 0 Å². The van der Waals surface area contributed by atoms with Crippen molar-refractivity contribution in [3.05, 3.63) is 101 Å². The predicted molar refractivity (Wildman–Crippen MR) is 115 cm³/mol. The highest BCUT2D eigenvalue weighted by atomic mass is 16.5. The van der Waals surface area contributed by atoms with Crippen LogP contribution >= 0.6 is 0 Å². The number of hydrogen-bond donors (Lipinski definition) is 4. The van der Waals surface area contributed by atoms with Gasteiger partial charge in [-0.3, -0.25) is 10.2 Å². The van der Waals surface area contributed by atoms with Crippen LogP contribution in [0.3, 0.4) is 0 Å². The second-order valence-electron chi connectivity index (χ2n) is 6.94. The van der Waals surface area contributed by atoms with Gasteiger partial charge in [-0.15, -0.1) is 0 Å². The Bertz CT molecular complexity index is 1120. The molecule has 0 saturated carbocycles. The molecule has 0 spiro atoms. The highest BCUT2D eigenvalue weighted by molar-refractivity contribution is 6.17. The summed E-state index contributed by atoms with van der Waals surface area (Å²) in [5, 5.41) is 11.4. The number of nitrogens with zero attached hydrogens (tertiary/aromatic N) is 1. The molecule has 6 N–H and O–H groups in total. The Balaban J connectivity index is 1.53. The van der Waals surface area contributed by atoms with E-state index < -0.39 is 11.9 Å². The summed E-state index contributed by atoms with van der Waals surface area (Å²) in [6.07, 6.45) is 1.62. The number of amides is 1. The number of pyridine rings is 1. The maximum Gasteiger partial charge on any atom is 0.268 e. The van der Waals surface area contributed by atoms with E-state index in [1.807, 2.05) is 60.7 Å². The van der Waals surface area contributed by atoms with Crippen molar-refractivity contribution in [2.24, 2.45) is 5.73 Å². The van der Waals surface area contributed by atoms with Crippen molar-refractivity contribution >= 4 is 17.3 Å². The van der Waals surface area contributed by atoms with Crippen molar-refractivity contribution in [1.29, 1.82) is 5.41 Å². The number of carbonyl (C=O) groups excluding carboxylic acids is 1. The maximum absolute atomic E-state index is 12.2. The van der Waals surface area contributed by atoms with Crippen LogP contribution in [-0.4, -0.2) is 16.6 Å². The van der Waals surface area contributed by atoms with Crippen LogP contribution in [0.1, 0.15) is 22.7 Å². The Morgan fingerprint density at radius 2 is 1.87 bits per heavy atom. The average molecular weight is 399 g/mol. The van der Waals surface area contributed by atoms with Crippen molar-refractivity contribution in [3.63, 3.8) is 0 Å². The largest absolute Gasteiger partial charge is 0.473 e. The summed E-state index contributed by atoms with van der Waals surface area (Å²) >= 11 is 0. The topological polar surface area (TPSA) is 127 Å². The third-order valence-electron chi connectivity index (χ3n) is 4.86. The second kappa shape index (κ2) is 8.08. The summed E-state index contributed by atoms with van der Waals surface area (Å²) in [5.41, 5.74) is 15.5. The van der Waals surface area contributed by atoms with Crippen LogP contribution in [0.5, 0.6) is 5.88 Å². The first-order valence-electron chi connectivity index (χ1n) is 9.41. The first-order chi connectivity index (χ1) is 14.5.